The van der Waals surface area contributed by atoms with Crippen LogP contribution >= 0.6 is 0 Å². The van der Waals surface area contributed by atoms with E-state index in [-0.39, 0.29) is 11.5 Å². The fourth-order valence-corrected chi connectivity index (χ4v) is 2.45. The molecule has 1 atom stereocenters. The number of carbonyl (C=O) groups is 2. The Hall–Kier alpha value is -2.08. The Kier molecular flexibility index (Phi) is 5.16. The number of carboxylic acids is 1. The molecule has 21 heavy (non-hydrogen) atoms. The minimum atomic E-state index is -1.09. The Balaban J connectivity index is 1.97. The molecule has 3 N–H and O–H groups in total. The molecule has 1 fully saturated rings. The van der Waals surface area contributed by atoms with Crippen LogP contribution in [0.5, 0.6) is 5.75 Å². The Morgan fingerprint density at radius 2 is 2.29 bits per heavy atom. The lowest BCUT2D eigenvalue weighted by Crippen LogP contribution is -2.16. The number of rotatable bonds is 6. The minimum Gasteiger partial charge on any atom is -0.497 e. The Morgan fingerprint density at radius 1 is 1.48 bits per heavy atom. The lowest BCUT2D eigenvalue weighted by molar-refractivity contribution is -0.116. The summed E-state index contributed by atoms with van der Waals surface area (Å²) in [6, 6.07) is 4.58. The number of benzene rings is 1. The Morgan fingerprint density at radius 3 is 2.90 bits per heavy atom. The summed E-state index contributed by atoms with van der Waals surface area (Å²) in [5, 5.41) is 15.1. The summed E-state index contributed by atoms with van der Waals surface area (Å²) in [5.41, 5.74) is 0.336. The molecule has 1 aromatic rings. The van der Waals surface area contributed by atoms with Crippen LogP contribution in [0, 0.1) is 5.92 Å². The zero-order valence-corrected chi connectivity index (χ0v) is 12.0. The molecule has 1 aliphatic rings. The maximum Gasteiger partial charge on any atom is 0.337 e. The van der Waals surface area contributed by atoms with Crippen molar-refractivity contribution in [2.24, 2.45) is 5.92 Å². The summed E-state index contributed by atoms with van der Waals surface area (Å²) in [4.78, 5) is 23.2. The van der Waals surface area contributed by atoms with Gasteiger partial charge in [-0.25, -0.2) is 4.79 Å². The standard InChI is InChI=1S/C15H20N2O4/c1-21-11-3-4-13(12(8-11)15(19)20)17-14(18)5-2-10-6-7-16-9-10/h3-4,8,10,16H,2,5-7,9H2,1H3,(H,17,18)(H,19,20). The molecule has 1 aromatic carbocycles. The van der Waals surface area contributed by atoms with Gasteiger partial charge in [0.2, 0.25) is 5.91 Å². The van der Waals surface area contributed by atoms with Crippen molar-refractivity contribution in [1.29, 1.82) is 0 Å². The van der Waals surface area contributed by atoms with Gasteiger partial charge in [-0.05, 0) is 50.0 Å². The third kappa shape index (κ3) is 4.19. The molecule has 6 heteroatoms. The smallest absolute Gasteiger partial charge is 0.337 e. The zero-order chi connectivity index (χ0) is 15.2. The van der Waals surface area contributed by atoms with E-state index in [0.29, 0.717) is 23.8 Å². The molecule has 6 nitrogen and oxygen atoms in total. The monoisotopic (exact) mass is 292 g/mol. The van der Waals surface area contributed by atoms with E-state index in [0.717, 1.165) is 25.9 Å². The number of carboxylic acid groups (broad SMARTS) is 1. The Bertz CT molecular complexity index is 524. The molecule has 1 heterocycles. The Labute approximate surface area is 123 Å². The number of carbonyl (C=O) groups excluding carboxylic acids is 1. The van der Waals surface area contributed by atoms with Crippen LogP contribution in [0.4, 0.5) is 5.69 Å². The highest BCUT2D eigenvalue weighted by Crippen LogP contribution is 2.23. The van der Waals surface area contributed by atoms with Gasteiger partial charge in [-0.3, -0.25) is 4.79 Å². The van der Waals surface area contributed by atoms with Crippen molar-refractivity contribution in [2.45, 2.75) is 19.3 Å². The van der Waals surface area contributed by atoms with Gasteiger partial charge in [0.25, 0.3) is 0 Å². The van der Waals surface area contributed by atoms with Crippen LogP contribution < -0.4 is 15.4 Å². The molecule has 0 aliphatic carbocycles. The second-order valence-corrected chi connectivity index (χ2v) is 5.16. The fraction of sp³-hybridized carbons (Fsp3) is 0.467. The summed E-state index contributed by atoms with van der Waals surface area (Å²) in [7, 11) is 1.47. The predicted octanol–water partition coefficient (Wildman–Crippen LogP) is 1.72. The molecular weight excluding hydrogens is 272 g/mol. The van der Waals surface area contributed by atoms with E-state index in [1.807, 2.05) is 0 Å². The summed E-state index contributed by atoms with van der Waals surface area (Å²) in [6.45, 7) is 1.96. The highest BCUT2D eigenvalue weighted by atomic mass is 16.5. The van der Waals surface area contributed by atoms with E-state index in [4.69, 9.17) is 4.74 Å². The van der Waals surface area contributed by atoms with Crippen molar-refractivity contribution < 1.29 is 19.4 Å². The zero-order valence-electron chi connectivity index (χ0n) is 12.0. The van der Waals surface area contributed by atoms with Gasteiger partial charge in [0.05, 0.1) is 18.4 Å². The van der Waals surface area contributed by atoms with Crippen LogP contribution in [0.25, 0.3) is 0 Å². The van der Waals surface area contributed by atoms with E-state index < -0.39 is 5.97 Å². The molecule has 1 aliphatic heterocycles. The van der Waals surface area contributed by atoms with Gasteiger partial charge in [0.15, 0.2) is 0 Å². The number of ether oxygens (including phenoxy) is 1. The van der Waals surface area contributed by atoms with Gasteiger partial charge >= 0.3 is 5.97 Å². The van der Waals surface area contributed by atoms with Crippen LogP contribution in [0.2, 0.25) is 0 Å². The van der Waals surface area contributed by atoms with Gasteiger partial charge in [-0.15, -0.1) is 0 Å². The number of aromatic carboxylic acids is 1. The van der Waals surface area contributed by atoms with Crippen molar-refractivity contribution in [3.05, 3.63) is 23.8 Å². The van der Waals surface area contributed by atoms with Crippen LogP contribution in [0.3, 0.4) is 0 Å². The van der Waals surface area contributed by atoms with Gasteiger partial charge in [0.1, 0.15) is 5.75 Å². The average Bonchev–Trinajstić information content (AvgIpc) is 2.98. The summed E-state index contributed by atoms with van der Waals surface area (Å²) >= 11 is 0. The summed E-state index contributed by atoms with van der Waals surface area (Å²) < 4.78 is 5.00. The lowest BCUT2D eigenvalue weighted by atomic mass is 10.0. The van der Waals surface area contributed by atoms with Gasteiger partial charge in [0, 0.05) is 6.42 Å². The summed E-state index contributed by atoms with van der Waals surface area (Å²) in [6.07, 6.45) is 2.31. The van der Waals surface area contributed by atoms with E-state index in [2.05, 4.69) is 10.6 Å². The van der Waals surface area contributed by atoms with Crippen LogP contribution in [0.15, 0.2) is 18.2 Å². The molecule has 114 valence electrons. The average molecular weight is 292 g/mol. The lowest BCUT2D eigenvalue weighted by Gasteiger charge is -2.11. The number of anilines is 1. The van der Waals surface area contributed by atoms with Gasteiger partial charge in [-0.1, -0.05) is 0 Å². The fourth-order valence-electron chi connectivity index (χ4n) is 2.45. The molecule has 2 rings (SSSR count). The molecular formula is C15H20N2O4. The van der Waals surface area contributed by atoms with Crippen LogP contribution in [0.1, 0.15) is 29.6 Å². The third-order valence-corrected chi connectivity index (χ3v) is 3.67. The van der Waals surface area contributed by atoms with Crippen molar-refractivity contribution in [3.63, 3.8) is 0 Å². The quantitative estimate of drug-likeness (QED) is 0.743. The van der Waals surface area contributed by atoms with Crippen LogP contribution in [-0.2, 0) is 4.79 Å². The normalized spacial score (nSPS) is 17.5. The maximum absolute atomic E-state index is 11.9. The van der Waals surface area contributed by atoms with Gasteiger partial charge in [-0.2, -0.15) is 0 Å². The number of methoxy groups -OCH3 is 1. The largest absolute Gasteiger partial charge is 0.497 e. The number of hydrogen-bond acceptors (Lipinski definition) is 4. The van der Waals surface area contributed by atoms with Crippen molar-refractivity contribution in [1.82, 2.24) is 5.32 Å². The van der Waals surface area contributed by atoms with Crippen molar-refractivity contribution >= 4 is 17.6 Å². The SMILES string of the molecule is COc1ccc(NC(=O)CCC2CCNC2)c(C(=O)O)c1. The molecule has 0 bridgehead atoms. The van der Waals surface area contributed by atoms with E-state index >= 15 is 0 Å². The third-order valence-electron chi connectivity index (χ3n) is 3.67. The maximum atomic E-state index is 11.9. The summed E-state index contributed by atoms with van der Waals surface area (Å²) in [5.74, 6) is -0.272. The number of nitrogens with one attached hydrogen (secondary N) is 2. The molecule has 1 saturated heterocycles. The van der Waals surface area contributed by atoms with Crippen molar-refractivity contribution in [3.8, 4) is 5.75 Å². The molecule has 0 spiro atoms. The first kappa shape index (κ1) is 15.3. The topological polar surface area (TPSA) is 87.7 Å². The van der Waals surface area contributed by atoms with E-state index in [1.165, 1.54) is 13.2 Å². The molecule has 1 amide bonds. The molecule has 1 unspecified atom stereocenters. The number of hydrogen-bond donors (Lipinski definition) is 3. The molecule has 0 aromatic heterocycles. The first-order chi connectivity index (χ1) is 10.1. The number of amides is 1. The van der Waals surface area contributed by atoms with Crippen LogP contribution in [-0.4, -0.2) is 37.2 Å². The van der Waals surface area contributed by atoms with E-state index in [1.54, 1.807) is 12.1 Å². The first-order valence-corrected chi connectivity index (χ1v) is 7.02. The second-order valence-electron chi connectivity index (χ2n) is 5.16. The minimum absolute atomic E-state index is 0.0326. The van der Waals surface area contributed by atoms with Gasteiger partial charge < -0.3 is 20.5 Å². The second kappa shape index (κ2) is 7.08. The highest BCUT2D eigenvalue weighted by molar-refractivity contribution is 6.00. The molecule has 0 radical (unpaired) electrons. The van der Waals surface area contributed by atoms with E-state index in [9.17, 15) is 14.7 Å². The molecule has 0 saturated carbocycles. The first-order valence-electron chi connectivity index (χ1n) is 7.02. The van der Waals surface area contributed by atoms with Crippen molar-refractivity contribution in [2.75, 3.05) is 25.5 Å². The highest BCUT2D eigenvalue weighted by Gasteiger charge is 2.17. The predicted molar refractivity (Wildman–Crippen MR) is 78.8 cm³/mol.